The molecule has 0 spiro atoms. The molecule has 2 atom stereocenters. The number of phenolic OH excluding ortho intramolecular Hbond substituents is 1. The zero-order valence-corrected chi connectivity index (χ0v) is 23.5. The fraction of sp³-hybridized carbons (Fsp3) is 0.607. The Balaban J connectivity index is 1.32. The van der Waals surface area contributed by atoms with Gasteiger partial charge in [0.2, 0.25) is 0 Å². The lowest BCUT2D eigenvalue weighted by atomic mass is 10.0. The van der Waals surface area contributed by atoms with E-state index in [1.165, 1.54) is 6.07 Å². The Kier molecular flexibility index (Phi) is 10.3. The lowest BCUT2D eigenvalue weighted by Gasteiger charge is -2.45. The molecule has 1 saturated carbocycles. The second-order valence-corrected chi connectivity index (χ2v) is 11.2. The van der Waals surface area contributed by atoms with Gasteiger partial charge in [0, 0.05) is 55.9 Å². The minimum Gasteiger partial charge on any atom is -0.508 e. The topological polar surface area (TPSA) is 110 Å². The van der Waals surface area contributed by atoms with Crippen LogP contribution in [0.3, 0.4) is 0 Å². The van der Waals surface area contributed by atoms with E-state index >= 15 is 0 Å². The molecule has 9 nitrogen and oxygen atoms in total. The van der Waals surface area contributed by atoms with Crippen LogP contribution >= 0.6 is 11.6 Å². The highest BCUT2D eigenvalue weighted by atomic mass is 35.5. The lowest BCUT2D eigenvalue weighted by molar-refractivity contribution is -0.117. The smallest absolute Gasteiger partial charge is 0.273 e. The number of likely N-dealkylation sites (tertiary alicyclic amines) is 1. The minimum atomic E-state index is -0.368. The largest absolute Gasteiger partial charge is 0.508 e. The van der Waals surface area contributed by atoms with Crippen molar-refractivity contribution < 1.29 is 14.3 Å². The lowest BCUT2D eigenvalue weighted by Crippen LogP contribution is -2.57. The molecule has 2 aliphatic heterocycles. The third-order valence-corrected chi connectivity index (χ3v) is 8.11. The van der Waals surface area contributed by atoms with Crippen LogP contribution in [0.4, 0.5) is 4.39 Å². The maximum Gasteiger partial charge on any atom is 0.273 e. The first-order valence-corrected chi connectivity index (χ1v) is 14.3. The molecule has 4 N–H and O–H groups in total. The summed E-state index contributed by atoms with van der Waals surface area (Å²) < 4.78 is 14.3. The van der Waals surface area contributed by atoms with Crippen molar-refractivity contribution in [1.29, 1.82) is 0 Å². The molecule has 1 aromatic rings. The van der Waals surface area contributed by atoms with E-state index in [4.69, 9.17) is 17.3 Å². The monoisotopic (exact) mass is 561 g/mol. The first-order chi connectivity index (χ1) is 18.8. The van der Waals surface area contributed by atoms with E-state index in [0.29, 0.717) is 35.9 Å². The van der Waals surface area contributed by atoms with Crippen LogP contribution in [0.2, 0.25) is 0 Å². The summed E-state index contributed by atoms with van der Waals surface area (Å²) in [7, 11) is 0. The van der Waals surface area contributed by atoms with Gasteiger partial charge in [-0.15, -0.1) is 0 Å². The first kappa shape index (κ1) is 29.5. The zero-order valence-electron chi connectivity index (χ0n) is 22.8. The van der Waals surface area contributed by atoms with Crippen molar-refractivity contribution in [3.05, 3.63) is 41.1 Å². The Bertz CT molecular complexity index is 1090. The van der Waals surface area contributed by atoms with Crippen molar-refractivity contribution in [1.82, 2.24) is 20.0 Å². The van der Waals surface area contributed by atoms with Crippen molar-refractivity contribution in [2.24, 2.45) is 15.7 Å². The van der Waals surface area contributed by atoms with Gasteiger partial charge < -0.3 is 16.2 Å². The number of carbonyl (C=O) groups excluding carboxylic acids is 1. The Hall–Kier alpha value is -2.53. The van der Waals surface area contributed by atoms with E-state index in [1.807, 2.05) is 0 Å². The number of aliphatic imine (C=N–C) groups is 2. The van der Waals surface area contributed by atoms with Crippen molar-refractivity contribution in [2.45, 2.75) is 70.1 Å². The third kappa shape index (κ3) is 8.23. The van der Waals surface area contributed by atoms with Crippen LogP contribution in [0.25, 0.3) is 0 Å². The van der Waals surface area contributed by atoms with E-state index in [2.05, 4.69) is 43.6 Å². The zero-order chi connectivity index (χ0) is 27.9. The normalized spacial score (nSPS) is 24.6. The summed E-state index contributed by atoms with van der Waals surface area (Å²) >= 11 is 6.52. The molecular weight excluding hydrogens is 521 g/mol. The maximum atomic E-state index is 14.3. The molecule has 1 aromatic carbocycles. The van der Waals surface area contributed by atoms with Crippen molar-refractivity contribution in [3.63, 3.8) is 0 Å². The number of hydrogen-bond acceptors (Lipinski definition) is 8. The Morgan fingerprint density at radius 2 is 2.00 bits per heavy atom. The fourth-order valence-corrected chi connectivity index (χ4v) is 5.83. The van der Waals surface area contributed by atoms with Gasteiger partial charge >= 0.3 is 0 Å². The number of carbonyl (C=O) groups is 1. The average Bonchev–Trinajstić information content (AvgIpc) is 3.76. The van der Waals surface area contributed by atoms with E-state index in [0.717, 1.165) is 71.2 Å². The number of nitrogens with two attached hydrogens (primary N) is 1. The quantitative estimate of drug-likeness (QED) is 0.299. The molecule has 11 heteroatoms. The molecule has 0 bridgehead atoms. The molecular formula is C28H41ClFN7O2. The predicted octanol–water partition coefficient (Wildman–Crippen LogP) is 3.03. The number of benzene rings is 1. The number of phenols is 1. The summed E-state index contributed by atoms with van der Waals surface area (Å²) in [6, 6.07) is 5.45. The second-order valence-electron chi connectivity index (χ2n) is 10.8. The Morgan fingerprint density at radius 3 is 2.69 bits per heavy atom. The highest BCUT2D eigenvalue weighted by Crippen LogP contribution is 2.25. The highest BCUT2D eigenvalue weighted by Gasteiger charge is 2.33. The maximum absolute atomic E-state index is 14.3. The molecule has 2 unspecified atom stereocenters. The van der Waals surface area contributed by atoms with Crippen LogP contribution in [0.5, 0.6) is 5.75 Å². The summed E-state index contributed by atoms with van der Waals surface area (Å²) in [4.78, 5) is 27.8. The van der Waals surface area contributed by atoms with Crippen LogP contribution in [0.1, 0.15) is 51.0 Å². The number of nitrogens with zero attached hydrogens (tertiary/aromatic N) is 5. The number of halogens is 2. The molecule has 39 heavy (non-hydrogen) atoms. The average molecular weight is 562 g/mol. The summed E-state index contributed by atoms with van der Waals surface area (Å²) in [5, 5.41) is 12.7. The highest BCUT2D eigenvalue weighted by molar-refractivity contribution is 6.66. The number of rotatable bonds is 10. The van der Waals surface area contributed by atoms with Gasteiger partial charge in [0.15, 0.2) is 11.5 Å². The molecule has 1 aliphatic carbocycles. The van der Waals surface area contributed by atoms with E-state index < -0.39 is 0 Å². The molecule has 214 valence electrons. The Morgan fingerprint density at radius 1 is 1.21 bits per heavy atom. The summed E-state index contributed by atoms with van der Waals surface area (Å²) in [6.07, 6.45) is 6.15. The number of hydrogen-bond donors (Lipinski definition) is 3. The van der Waals surface area contributed by atoms with Gasteiger partial charge in [-0.3, -0.25) is 19.5 Å². The first-order valence-electron chi connectivity index (χ1n) is 14.0. The van der Waals surface area contributed by atoms with Crippen molar-refractivity contribution >= 4 is 29.4 Å². The summed E-state index contributed by atoms with van der Waals surface area (Å²) in [5.74, 6) is -0.793. The fourth-order valence-electron chi connectivity index (χ4n) is 5.58. The SMILES string of the molecule is C=N/C(N)=C(\N=C(Cl)CN1CCN(C2CCCN(Cc3ccc(O)cc3F)CC2)C(CC)C1)C(=O)NC1CC1. The predicted molar refractivity (Wildman–Crippen MR) is 153 cm³/mol. The van der Waals surface area contributed by atoms with Crippen LogP contribution in [0, 0.1) is 5.82 Å². The van der Waals surface area contributed by atoms with Gasteiger partial charge in [0.05, 0.1) is 6.54 Å². The molecule has 3 aliphatic rings. The van der Waals surface area contributed by atoms with Crippen LogP contribution in [0.15, 0.2) is 39.7 Å². The van der Waals surface area contributed by atoms with E-state index in [9.17, 15) is 14.3 Å². The molecule has 2 heterocycles. The van der Waals surface area contributed by atoms with Crippen LogP contribution < -0.4 is 11.1 Å². The van der Waals surface area contributed by atoms with Crippen LogP contribution in [-0.2, 0) is 11.3 Å². The van der Waals surface area contributed by atoms with E-state index in [1.54, 1.807) is 12.1 Å². The van der Waals surface area contributed by atoms with Crippen molar-refractivity contribution in [3.8, 4) is 5.75 Å². The molecule has 3 fully saturated rings. The van der Waals surface area contributed by atoms with Crippen molar-refractivity contribution in [2.75, 3.05) is 39.3 Å². The van der Waals surface area contributed by atoms with Gasteiger partial charge in [-0.1, -0.05) is 24.6 Å². The minimum absolute atomic E-state index is 0.0165. The molecule has 0 aromatic heterocycles. The standard InChI is InChI=1S/C28H41ClFN7O2/c1-3-21-17-36(18-25(29)34-26(27(31)32-2)28(39)33-20-7-8-20)13-14-37(21)22-5-4-11-35(12-10-22)16-19-6-9-23(38)15-24(19)30/h6,9,15,20-22,38H,2-5,7-8,10-14,16-18,31H2,1H3,(H,33,39)/b27-26-,34-25?. The Labute approximate surface area is 235 Å². The number of amides is 1. The van der Waals surface area contributed by atoms with Crippen LogP contribution in [-0.4, -0.2) is 95.0 Å². The summed E-state index contributed by atoms with van der Waals surface area (Å²) in [5.41, 5.74) is 6.53. The summed E-state index contributed by atoms with van der Waals surface area (Å²) in [6.45, 7) is 11.1. The molecule has 4 rings (SSSR count). The van der Waals surface area contributed by atoms with E-state index in [-0.39, 0.29) is 35.0 Å². The van der Waals surface area contributed by atoms with Gasteiger partial charge in [-0.05, 0) is 64.4 Å². The number of piperazine rings is 1. The molecule has 0 radical (unpaired) electrons. The number of aromatic hydroxyl groups is 1. The van der Waals surface area contributed by atoms with Gasteiger partial charge in [0.25, 0.3) is 5.91 Å². The second kappa shape index (κ2) is 13.7. The number of nitrogens with one attached hydrogen (secondary N) is 1. The van der Waals surface area contributed by atoms with Gasteiger partial charge in [-0.2, -0.15) is 0 Å². The van der Waals surface area contributed by atoms with Gasteiger partial charge in [0.1, 0.15) is 16.7 Å². The molecule has 2 saturated heterocycles. The molecule has 1 amide bonds. The third-order valence-electron chi connectivity index (χ3n) is 7.90. The van der Waals surface area contributed by atoms with Gasteiger partial charge in [-0.25, -0.2) is 14.4 Å².